The Morgan fingerprint density at radius 2 is 2.08 bits per heavy atom. The van der Waals surface area contributed by atoms with Crippen LogP contribution < -0.4 is 5.32 Å². The molecule has 2 atom stereocenters. The number of rotatable bonds is 1. The summed E-state index contributed by atoms with van der Waals surface area (Å²) >= 11 is 0. The second kappa shape index (κ2) is 3.62. The van der Waals surface area contributed by atoms with Crippen LogP contribution >= 0.6 is 0 Å². The number of nitrogens with one attached hydrogen (secondary N) is 1. The Balaban J connectivity index is 2.32. The zero-order valence-corrected chi connectivity index (χ0v) is 6.82. The number of morpholine rings is 1. The standard InChI is InChI=1S/C7H12F3NO/c1-5-3-11-4-6(12-5)2-7(8,9)10/h5-6,11H,2-4H2,1H3/t5-,6+/m0/s1. The molecular formula is C7H12F3NO. The minimum Gasteiger partial charge on any atom is -0.372 e. The fourth-order valence-electron chi connectivity index (χ4n) is 1.25. The molecule has 1 heterocycles. The van der Waals surface area contributed by atoms with Crippen molar-refractivity contribution in [3.05, 3.63) is 0 Å². The van der Waals surface area contributed by atoms with Gasteiger partial charge in [-0.15, -0.1) is 0 Å². The Morgan fingerprint density at radius 1 is 1.42 bits per heavy atom. The smallest absolute Gasteiger partial charge is 0.372 e. The fourth-order valence-corrected chi connectivity index (χ4v) is 1.25. The van der Waals surface area contributed by atoms with Crippen molar-refractivity contribution in [1.82, 2.24) is 5.32 Å². The van der Waals surface area contributed by atoms with Crippen molar-refractivity contribution in [2.24, 2.45) is 0 Å². The molecule has 0 amide bonds. The van der Waals surface area contributed by atoms with Gasteiger partial charge in [0.2, 0.25) is 0 Å². The van der Waals surface area contributed by atoms with Crippen LogP contribution in [0.5, 0.6) is 0 Å². The summed E-state index contributed by atoms with van der Waals surface area (Å²) in [5, 5.41) is 2.88. The maximum atomic E-state index is 11.9. The Labute approximate surface area is 69.1 Å². The van der Waals surface area contributed by atoms with Gasteiger partial charge in [-0.2, -0.15) is 13.2 Å². The lowest BCUT2D eigenvalue weighted by Gasteiger charge is -2.29. The predicted octanol–water partition coefficient (Wildman–Crippen LogP) is 1.32. The van der Waals surface area contributed by atoms with Crippen molar-refractivity contribution >= 4 is 0 Å². The summed E-state index contributed by atoms with van der Waals surface area (Å²) in [5.74, 6) is 0. The molecule has 1 aliphatic heterocycles. The van der Waals surface area contributed by atoms with Gasteiger partial charge in [0, 0.05) is 13.1 Å². The molecule has 1 fully saturated rings. The lowest BCUT2D eigenvalue weighted by molar-refractivity contribution is -0.170. The van der Waals surface area contributed by atoms with Gasteiger partial charge >= 0.3 is 6.18 Å². The van der Waals surface area contributed by atoms with Crippen LogP contribution in [0.3, 0.4) is 0 Å². The van der Waals surface area contributed by atoms with Crippen molar-refractivity contribution in [1.29, 1.82) is 0 Å². The summed E-state index contributed by atoms with van der Waals surface area (Å²) in [6.07, 6.45) is -5.81. The Kier molecular flexibility index (Phi) is 2.95. The predicted molar refractivity (Wildman–Crippen MR) is 37.9 cm³/mol. The molecule has 12 heavy (non-hydrogen) atoms. The monoisotopic (exact) mass is 183 g/mol. The molecule has 0 aromatic carbocycles. The van der Waals surface area contributed by atoms with Crippen molar-refractivity contribution < 1.29 is 17.9 Å². The Morgan fingerprint density at radius 3 is 2.58 bits per heavy atom. The number of alkyl halides is 3. The normalized spacial score (nSPS) is 32.0. The first-order valence-corrected chi connectivity index (χ1v) is 3.90. The summed E-state index contributed by atoms with van der Waals surface area (Å²) in [6, 6.07) is 0. The third-order valence-corrected chi connectivity index (χ3v) is 1.69. The maximum absolute atomic E-state index is 11.9. The van der Waals surface area contributed by atoms with Crippen LogP contribution in [0.4, 0.5) is 13.2 Å². The van der Waals surface area contributed by atoms with E-state index in [-0.39, 0.29) is 6.10 Å². The summed E-state index contributed by atoms with van der Waals surface area (Å²) in [5.41, 5.74) is 0. The molecule has 0 aromatic rings. The molecule has 0 radical (unpaired) electrons. The van der Waals surface area contributed by atoms with E-state index < -0.39 is 18.7 Å². The van der Waals surface area contributed by atoms with E-state index in [0.717, 1.165) is 0 Å². The van der Waals surface area contributed by atoms with E-state index in [1.165, 1.54) is 0 Å². The minimum atomic E-state index is -4.12. The summed E-state index contributed by atoms with van der Waals surface area (Å²) in [4.78, 5) is 0. The second-order valence-electron chi connectivity index (χ2n) is 3.05. The van der Waals surface area contributed by atoms with Crippen LogP contribution in [-0.4, -0.2) is 31.5 Å². The first-order chi connectivity index (χ1) is 5.47. The van der Waals surface area contributed by atoms with Gasteiger partial charge in [-0.3, -0.25) is 0 Å². The molecule has 1 saturated heterocycles. The zero-order chi connectivity index (χ0) is 9.19. The van der Waals surface area contributed by atoms with E-state index in [2.05, 4.69) is 5.32 Å². The van der Waals surface area contributed by atoms with Crippen molar-refractivity contribution in [3.8, 4) is 0 Å². The molecule has 2 nitrogen and oxygen atoms in total. The van der Waals surface area contributed by atoms with Gasteiger partial charge in [-0.25, -0.2) is 0 Å². The van der Waals surface area contributed by atoms with Crippen LogP contribution in [0.15, 0.2) is 0 Å². The minimum absolute atomic E-state index is 0.119. The maximum Gasteiger partial charge on any atom is 0.391 e. The third kappa shape index (κ3) is 3.40. The van der Waals surface area contributed by atoms with Crippen LogP contribution in [0, 0.1) is 0 Å². The van der Waals surface area contributed by atoms with E-state index in [0.29, 0.717) is 13.1 Å². The van der Waals surface area contributed by atoms with Gasteiger partial charge in [0.05, 0.1) is 18.6 Å². The quantitative estimate of drug-likeness (QED) is 0.661. The van der Waals surface area contributed by atoms with E-state index in [1.54, 1.807) is 6.92 Å². The molecule has 0 aromatic heterocycles. The average molecular weight is 183 g/mol. The molecule has 5 heteroatoms. The molecule has 0 spiro atoms. The van der Waals surface area contributed by atoms with E-state index in [9.17, 15) is 13.2 Å². The van der Waals surface area contributed by atoms with E-state index >= 15 is 0 Å². The number of hydrogen-bond acceptors (Lipinski definition) is 2. The van der Waals surface area contributed by atoms with Gasteiger partial charge < -0.3 is 10.1 Å². The summed E-state index contributed by atoms with van der Waals surface area (Å²) in [7, 11) is 0. The number of hydrogen-bond donors (Lipinski definition) is 1. The highest BCUT2D eigenvalue weighted by molar-refractivity contribution is 4.74. The Hall–Kier alpha value is -0.290. The zero-order valence-electron chi connectivity index (χ0n) is 6.82. The first-order valence-electron chi connectivity index (χ1n) is 3.90. The fraction of sp³-hybridized carbons (Fsp3) is 1.00. The average Bonchev–Trinajstić information content (AvgIpc) is 1.82. The highest BCUT2D eigenvalue weighted by atomic mass is 19.4. The van der Waals surface area contributed by atoms with Crippen LogP contribution in [0.2, 0.25) is 0 Å². The first kappa shape index (κ1) is 9.80. The largest absolute Gasteiger partial charge is 0.391 e. The van der Waals surface area contributed by atoms with Crippen LogP contribution in [-0.2, 0) is 4.74 Å². The van der Waals surface area contributed by atoms with Crippen molar-refractivity contribution in [3.63, 3.8) is 0 Å². The molecule has 1 rings (SSSR count). The van der Waals surface area contributed by atoms with Gasteiger partial charge in [0.25, 0.3) is 0 Å². The lowest BCUT2D eigenvalue weighted by Crippen LogP contribution is -2.45. The molecule has 0 saturated carbocycles. The van der Waals surface area contributed by atoms with Crippen LogP contribution in [0.1, 0.15) is 13.3 Å². The molecule has 1 aliphatic rings. The number of ether oxygens (including phenoxy) is 1. The molecule has 0 bridgehead atoms. The molecule has 0 aliphatic carbocycles. The SMILES string of the molecule is C[C@H]1CNC[C@@H](CC(F)(F)F)O1. The van der Waals surface area contributed by atoms with Gasteiger partial charge in [-0.1, -0.05) is 0 Å². The highest BCUT2D eigenvalue weighted by Gasteiger charge is 2.34. The second-order valence-corrected chi connectivity index (χ2v) is 3.05. The Bertz CT molecular complexity index is 148. The molecule has 72 valence electrons. The van der Waals surface area contributed by atoms with Crippen LogP contribution in [0.25, 0.3) is 0 Å². The van der Waals surface area contributed by atoms with Gasteiger partial charge in [-0.05, 0) is 6.92 Å². The van der Waals surface area contributed by atoms with Crippen molar-refractivity contribution in [2.45, 2.75) is 31.7 Å². The van der Waals surface area contributed by atoms with Crippen molar-refractivity contribution in [2.75, 3.05) is 13.1 Å². The van der Waals surface area contributed by atoms with E-state index in [4.69, 9.17) is 4.74 Å². The summed E-state index contributed by atoms with van der Waals surface area (Å²) < 4.78 is 40.7. The number of halogens is 3. The third-order valence-electron chi connectivity index (χ3n) is 1.69. The summed E-state index contributed by atoms with van der Waals surface area (Å²) in [6.45, 7) is 2.69. The van der Waals surface area contributed by atoms with Gasteiger partial charge in [0.15, 0.2) is 0 Å². The lowest BCUT2D eigenvalue weighted by atomic mass is 10.2. The van der Waals surface area contributed by atoms with Gasteiger partial charge in [0.1, 0.15) is 0 Å². The molecule has 0 unspecified atom stereocenters. The molecular weight excluding hydrogens is 171 g/mol. The van der Waals surface area contributed by atoms with E-state index in [1.807, 2.05) is 0 Å². The molecule has 1 N–H and O–H groups in total. The highest BCUT2D eigenvalue weighted by Crippen LogP contribution is 2.24. The topological polar surface area (TPSA) is 21.3 Å².